The summed E-state index contributed by atoms with van der Waals surface area (Å²) in [5.41, 5.74) is 9.73. The highest BCUT2D eigenvalue weighted by molar-refractivity contribution is 5.47. The average molecular weight is 207 g/mol. The molecule has 0 aromatic heterocycles. The summed E-state index contributed by atoms with van der Waals surface area (Å²) in [6.07, 6.45) is 0.883. The first kappa shape index (κ1) is 10.5. The van der Waals surface area contributed by atoms with Crippen LogP contribution in [-0.4, -0.2) is 20.3 Å². The van der Waals surface area contributed by atoms with Gasteiger partial charge in [-0.3, -0.25) is 0 Å². The van der Waals surface area contributed by atoms with Crippen molar-refractivity contribution in [2.45, 2.75) is 19.4 Å². The molecule has 1 aliphatic heterocycles. The Kier molecular flexibility index (Phi) is 2.93. The summed E-state index contributed by atoms with van der Waals surface area (Å²) in [6.45, 7) is 3.41. The number of hydrogen-bond acceptors (Lipinski definition) is 3. The first-order chi connectivity index (χ1) is 7.24. The van der Waals surface area contributed by atoms with Gasteiger partial charge >= 0.3 is 0 Å². The minimum absolute atomic E-state index is 0.0300. The molecule has 1 atom stereocenters. The Bertz CT molecular complexity index is 363. The van der Waals surface area contributed by atoms with E-state index in [4.69, 9.17) is 15.2 Å². The summed E-state index contributed by atoms with van der Waals surface area (Å²) < 4.78 is 10.8. The van der Waals surface area contributed by atoms with E-state index in [0.29, 0.717) is 6.61 Å². The van der Waals surface area contributed by atoms with Gasteiger partial charge in [0.1, 0.15) is 5.75 Å². The predicted molar refractivity (Wildman–Crippen MR) is 59.2 cm³/mol. The van der Waals surface area contributed by atoms with Crippen LogP contribution in [0.4, 0.5) is 0 Å². The van der Waals surface area contributed by atoms with Crippen molar-refractivity contribution in [3.63, 3.8) is 0 Å². The SMILES string of the molecule is COc1ccc(C)c2c1CCOCC2N. The fraction of sp³-hybridized carbons (Fsp3) is 0.500. The van der Waals surface area contributed by atoms with Crippen molar-refractivity contribution in [1.29, 1.82) is 0 Å². The summed E-state index contributed by atoms with van der Waals surface area (Å²) in [6, 6.07) is 4.03. The van der Waals surface area contributed by atoms with Crippen LogP contribution >= 0.6 is 0 Å². The lowest BCUT2D eigenvalue weighted by Crippen LogP contribution is -2.17. The number of fused-ring (bicyclic) bond motifs is 1. The summed E-state index contributed by atoms with van der Waals surface area (Å²) in [7, 11) is 1.70. The van der Waals surface area contributed by atoms with Gasteiger partial charge in [-0.15, -0.1) is 0 Å². The Morgan fingerprint density at radius 1 is 1.47 bits per heavy atom. The molecule has 3 heteroatoms. The van der Waals surface area contributed by atoms with Gasteiger partial charge < -0.3 is 15.2 Å². The van der Waals surface area contributed by atoms with Crippen molar-refractivity contribution in [1.82, 2.24) is 0 Å². The van der Waals surface area contributed by atoms with E-state index >= 15 is 0 Å². The lowest BCUT2D eigenvalue weighted by Gasteiger charge is -2.17. The number of methoxy groups -OCH3 is 1. The standard InChI is InChI=1S/C12H17NO2/c1-8-3-4-11(14-2)9-5-6-15-7-10(13)12(8)9/h3-4,10H,5-7,13H2,1-2H3. The van der Waals surface area contributed by atoms with Gasteiger partial charge in [-0.2, -0.15) is 0 Å². The maximum Gasteiger partial charge on any atom is 0.122 e. The summed E-state index contributed by atoms with van der Waals surface area (Å²) in [5.74, 6) is 0.927. The van der Waals surface area contributed by atoms with Gasteiger partial charge in [-0.05, 0) is 30.5 Å². The molecule has 0 bridgehead atoms. The van der Waals surface area contributed by atoms with Crippen molar-refractivity contribution in [2.24, 2.45) is 5.73 Å². The van der Waals surface area contributed by atoms with Crippen LogP contribution in [0.1, 0.15) is 22.7 Å². The van der Waals surface area contributed by atoms with Crippen LogP contribution in [0.5, 0.6) is 5.75 Å². The highest BCUT2D eigenvalue weighted by atomic mass is 16.5. The van der Waals surface area contributed by atoms with Gasteiger partial charge in [0, 0.05) is 5.56 Å². The third-order valence-corrected chi connectivity index (χ3v) is 2.92. The Morgan fingerprint density at radius 2 is 2.27 bits per heavy atom. The molecule has 2 N–H and O–H groups in total. The van der Waals surface area contributed by atoms with Crippen LogP contribution in [0, 0.1) is 6.92 Å². The summed E-state index contributed by atoms with van der Waals surface area (Å²) in [4.78, 5) is 0. The topological polar surface area (TPSA) is 44.5 Å². The molecule has 0 aliphatic carbocycles. The van der Waals surface area contributed by atoms with Crippen molar-refractivity contribution in [3.8, 4) is 5.75 Å². The molecular formula is C12H17NO2. The van der Waals surface area contributed by atoms with Crippen LogP contribution in [0.3, 0.4) is 0 Å². The van der Waals surface area contributed by atoms with Crippen molar-refractivity contribution in [2.75, 3.05) is 20.3 Å². The fourth-order valence-electron chi connectivity index (χ4n) is 2.19. The van der Waals surface area contributed by atoms with Gasteiger partial charge in [-0.1, -0.05) is 6.07 Å². The molecule has 3 nitrogen and oxygen atoms in total. The minimum Gasteiger partial charge on any atom is -0.496 e. The maximum atomic E-state index is 6.09. The third kappa shape index (κ3) is 1.85. The van der Waals surface area contributed by atoms with E-state index in [-0.39, 0.29) is 6.04 Å². The number of ether oxygens (including phenoxy) is 2. The van der Waals surface area contributed by atoms with Crippen LogP contribution in [0.2, 0.25) is 0 Å². The minimum atomic E-state index is -0.0300. The Morgan fingerprint density at radius 3 is 3.00 bits per heavy atom. The molecule has 1 aliphatic rings. The van der Waals surface area contributed by atoms with Crippen LogP contribution in [0.25, 0.3) is 0 Å². The lowest BCUT2D eigenvalue weighted by atomic mass is 9.94. The maximum absolute atomic E-state index is 6.09. The molecular weight excluding hydrogens is 190 g/mol. The van der Waals surface area contributed by atoms with Crippen LogP contribution < -0.4 is 10.5 Å². The lowest BCUT2D eigenvalue weighted by molar-refractivity contribution is 0.131. The Labute approximate surface area is 90.2 Å². The third-order valence-electron chi connectivity index (χ3n) is 2.92. The van der Waals surface area contributed by atoms with Crippen molar-refractivity contribution in [3.05, 3.63) is 28.8 Å². The molecule has 1 aromatic rings. The highest BCUT2D eigenvalue weighted by Gasteiger charge is 2.20. The molecule has 1 heterocycles. The van der Waals surface area contributed by atoms with E-state index in [1.807, 2.05) is 6.07 Å². The van der Waals surface area contributed by atoms with E-state index in [1.54, 1.807) is 7.11 Å². The zero-order valence-electron chi connectivity index (χ0n) is 9.25. The van der Waals surface area contributed by atoms with E-state index in [1.165, 1.54) is 16.7 Å². The average Bonchev–Trinajstić information content (AvgIpc) is 2.42. The molecule has 0 amide bonds. The smallest absolute Gasteiger partial charge is 0.122 e. The molecule has 15 heavy (non-hydrogen) atoms. The molecule has 1 unspecified atom stereocenters. The summed E-state index contributed by atoms with van der Waals surface area (Å²) in [5, 5.41) is 0. The number of aryl methyl sites for hydroxylation is 1. The van der Waals surface area contributed by atoms with Gasteiger partial charge in [0.25, 0.3) is 0 Å². The second-order valence-corrected chi connectivity index (χ2v) is 3.91. The van der Waals surface area contributed by atoms with Crippen molar-refractivity contribution >= 4 is 0 Å². The monoisotopic (exact) mass is 207 g/mol. The summed E-state index contributed by atoms with van der Waals surface area (Å²) >= 11 is 0. The zero-order valence-corrected chi connectivity index (χ0v) is 9.25. The van der Waals surface area contributed by atoms with Gasteiger partial charge in [0.15, 0.2) is 0 Å². The normalized spacial score (nSPS) is 20.6. The largest absolute Gasteiger partial charge is 0.496 e. The molecule has 0 radical (unpaired) electrons. The first-order valence-electron chi connectivity index (χ1n) is 5.23. The Balaban J connectivity index is 2.55. The highest BCUT2D eigenvalue weighted by Crippen LogP contribution is 2.31. The number of rotatable bonds is 1. The predicted octanol–water partition coefficient (Wildman–Crippen LogP) is 1.58. The van der Waals surface area contributed by atoms with E-state index in [2.05, 4.69) is 13.0 Å². The molecule has 1 aromatic carbocycles. The number of hydrogen-bond donors (Lipinski definition) is 1. The van der Waals surface area contributed by atoms with Gasteiger partial charge in [-0.25, -0.2) is 0 Å². The molecule has 0 saturated carbocycles. The fourth-order valence-corrected chi connectivity index (χ4v) is 2.19. The zero-order chi connectivity index (χ0) is 10.8. The molecule has 82 valence electrons. The quantitative estimate of drug-likeness (QED) is 0.760. The molecule has 0 fully saturated rings. The molecule has 0 spiro atoms. The second-order valence-electron chi connectivity index (χ2n) is 3.91. The number of nitrogens with two attached hydrogens (primary N) is 1. The number of benzene rings is 1. The van der Waals surface area contributed by atoms with Gasteiger partial charge in [0.05, 0.1) is 26.4 Å². The molecule has 0 saturated heterocycles. The van der Waals surface area contributed by atoms with Crippen LogP contribution in [-0.2, 0) is 11.2 Å². The Hall–Kier alpha value is -1.06. The van der Waals surface area contributed by atoms with Gasteiger partial charge in [0.2, 0.25) is 0 Å². The van der Waals surface area contributed by atoms with E-state index in [9.17, 15) is 0 Å². The molecule has 2 rings (SSSR count). The van der Waals surface area contributed by atoms with Crippen LogP contribution in [0.15, 0.2) is 12.1 Å². The van der Waals surface area contributed by atoms with E-state index in [0.717, 1.165) is 18.8 Å². The first-order valence-corrected chi connectivity index (χ1v) is 5.23. The van der Waals surface area contributed by atoms with E-state index < -0.39 is 0 Å². The van der Waals surface area contributed by atoms with Crippen molar-refractivity contribution < 1.29 is 9.47 Å². The second kappa shape index (κ2) is 4.21.